The molecule has 0 unspecified atom stereocenters. The first-order valence-electron chi connectivity index (χ1n) is 55.8. The highest BCUT2D eigenvalue weighted by Crippen LogP contribution is 2.65. The summed E-state index contributed by atoms with van der Waals surface area (Å²) in [6.45, 7) is 58.9. The Kier molecular flexibility index (Phi) is 28.5. The van der Waals surface area contributed by atoms with Crippen molar-refractivity contribution >= 4 is 0 Å². The molecule has 0 saturated heterocycles. The summed E-state index contributed by atoms with van der Waals surface area (Å²) in [6, 6.07) is 97.0. The van der Waals surface area contributed by atoms with Crippen LogP contribution in [0.25, 0.3) is 122 Å². The molecule has 0 nitrogen and oxygen atoms in total. The van der Waals surface area contributed by atoms with E-state index in [1.54, 1.807) is 66.8 Å². The largest absolute Gasteiger partial charge is 0.0628 e. The lowest BCUT2D eigenvalue weighted by Gasteiger charge is -2.35. The molecule has 0 aromatic heterocycles. The van der Waals surface area contributed by atoms with Gasteiger partial charge in [0.2, 0.25) is 0 Å². The molecule has 0 amide bonds. The number of hydrogen-bond acceptors (Lipinski definition) is 0. The first-order valence-corrected chi connectivity index (χ1v) is 55.8. The first kappa shape index (κ1) is 98.8. The highest BCUT2D eigenvalue weighted by molar-refractivity contribution is 5.94. The molecule has 12 aromatic carbocycles. The molecule has 0 aliphatic heterocycles. The fourth-order valence-electron chi connectivity index (χ4n) is 27.1. The van der Waals surface area contributed by atoms with Crippen LogP contribution in [0.2, 0.25) is 0 Å². The van der Waals surface area contributed by atoms with Gasteiger partial charge < -0.3 is 0 Å². The van der Waals surface area contributed by atoms with Crippen molar-refractivity contribution in [3.63, 3.8) is 0 Å². The van der Waals surface area contributed by atoms with E-state index in [1.807, 2.05) is 0 Å². The SMILES string of the molecule is CC(C)CCC1(CCC(C)C)c2ccccc2-c2ccc(-c3ccc4c(c3)C(CCC(C)C)(CCC(C)C)c3cc(-c5ccc6c(c5)C(CCC(C)C)(CCC(C)C)c5cc(-c7ccc8c(c7)C(CCC(C)C)(CCC(C)C)c7cc(-c9ccc%10c(c9)C(CCC(C)C)(CCC(C)C)c9cc(-c%11ccc%12c(c%11)C(CCC(C)C)(CCC(C)C)c%11ccccc%11-%12)ccc9-%10)ccc7-8)ccc5-6)ccc3-4)cc21. The van der Waals surface area contributed by atoms with Crippen LogP contribution in [0.15, 0.2) is 231 Å². The Morgan fingerprint density at radius 3 is 0.341 bits per heavy atom. The highest BCUT2D eigenvalue weighted by Gasteiger charge is 2.51. The first-order chi connectivity index (χ1) is 66.1. The molecular formula is C138H170. The predicted octanol–water partition coefficient (Wildman–Crippen LogP) is 40.9. The van der Waals surface area contributed by atoms with Crippen LogP contribution in [0.1, 0.15) is 387 Å². The smallest absolute Gasteiger partial charge is 0.0215 e. The summed E-state index contributed by atoms with van der Waals surface area (Å²) in [4.78, 5) is 0. The predicted molar refractivity (Wildman–Crippen MR) is 600 cm³/mol. The van der Waals surface area contributed by atoms with Gasteiger partial charge >= 0.3 is 0 Å². The monoisotopic (exact) mass is 1830 g/mol. The van der Waals surface area contributed by atoms with Crippen molar-refractivity contribution in [2.45, 2.75) is 353 Å². The van der Waals surface area contributed by atoms with Gasteiger partial charge in [0.05, 0.1) is 0 Å². The van der Waals surface area contributed by atoms with Crippen LogP contribution in [-0.4, -0.2) is 0 Å². The molecule has 0 N–H and O–H groups in total. The summed E-state index contributed by atoms with van der Waals surface area (Å²) in [5.41, 5.74) is 49.1. The number of benzene rings is 12. The third-order valence-corrected chi connectivity index (χ3v) is 35.4. The van der Waals surface area contributed by atoms with Crippen molar-refractivity contribution in [3.8, 4) is 122 Å². The lowest BCUT2D eigenvalue weighted by atomic mass is 9.68. The minimum Gasteiger partial charge on any atom is -0.0628 e. The molecule has 0 heteroatoms. The van der Waals surface area contributed by atoms with Crippen LogP contribution in [0.5, 0.6) is 0 Å². The van der Waals surface area contributed by atoms with Crippen LogP contribution in [0.4, 0.5) is 0 Å². The van der Waals surface area contributed by atoms with Gasteiger partial charge in [-0.1, -0.05) is 336 Å². The molecule has 722 valence electrons. The van der Waals surface area contributed by atoms with Gasteiger partial charge in [-0.15, -0.1) is 0 Å². The van der Waals surface area contributed by atoms with Gasteiger partial charge in [0.15, 0.2) is 0 Å². The fourth-order valence-corrected chi connectivity index (χ4v) is 27.1. The Morgan fingerprint density at radius 2 is 0.225 bits per heavy atom. The standard InChI is InChI=1S/C138H170/c1-87(2)53-65-133(66-54-88(3)4)121-31-27-25-29-109(121)111-43-33-99(77-123(111)133)101-35-45-113-115-47-37-103(81-127(115)135(125(113)79-101,69-57-91(9)10)70-58-92(11)12)105-39-49-117-119-51-41-107(85-131(119)137(129(117)83-105,73-61-95(17)18)74-62-96(19)20)108-42-52-120-118-50-40-106(84-130(118)138(132(120)86-108,75-63-97(21)22)76-64-98(23)24)104-38-48-116-114-46-36-102(80-126(114)136(128(116)82-104,71-59-93(13)14)72-60-94(15)16)100-34-44-112-110-30-26-28-32-122(110)134(124(112)78-100,67-55-89(5)6)68-56-90(7)8/h25-52,77-98H,53-76H2,1-24H3. The summed E-state index contributed by atoms with van der Waals surface area (Å²) in [5, 5.41) is 0. The highest BCUT2D eigenvalue weighted by atomic mass is 14.5. The van der Waals surface area contributed by atoms with Gasteiger partial charge in [0, 0.05) is 32.5 Å². The van der Waals surface area contributed by atoms with E-state index in [9.17, 15) is 0 Å². The van der Waals surface area contributed by atoms with Gasteiger partial charge in [-0.3, -0.25) is 0 Å². The molecule has 0 bridgehead atoms. The van der Waals surface area contributed by atoms with Crippen molar-refractivity contribution in [3.05, 3.63) is 297 Å². The van der Waals surface area contributed by atoms with E-state index < -0.39 is 0 Å². The Labute approximate surface area is 837 Å². The van der Waals surface area contributed by atoms with E-state index in [2.05, 4.69) is 397 Å². The summed E-state index contributed by atoms with van der Waals surface area (Å²) in [7, 11) is 0. The molecule has 0 saturated carbocycles. The van der Waals surface area contributed by atoms with E-state index in [0.717, 1.165) is 51.4 Å². The van der Waals surface area contributed by atoms with Crippen LogP contribution >= 0.6 is 0 Å². The molecular weight excluding hydrogens is 1660 g/mol. The molecule has 0 atom stereocenters. The summed E-state index contributed by atoms with van der Waals surface area (Å²) >= 11 is 0. The van der Waals surface area contributed by atoms with Crippen molar-refractivity contribution in [1.29, 1.82) is 0 Å². The van der Waals surface area contributed by atoms with Crippen molar-refractivity contribution in [1.82, 2.24) is 0 Å². The van der Waals surface area contributed by atoms with Crippen molar-refractivity contribution < 1.29 is 0 Å². The Hall–Kier alpha value is -9.36. The zero-order chi connectivity index (χ0) is 97.4. The maximum atomic E-state index is 2.74. The normalized spacial score (nSPS) is 15.8. The summed E-state index contributed by atoms with van der Waals surface area (Å²) < 4.78 is 0. The molecule has 138 heavy (non-hydrogen) atoms. The minimum absolute atomic E-state index is 0.00214. The molecule has 12 aromatic rings. The van der Waals surface area contributed by atoms with E-state index >= 15 is 0 Å². The molecule has 0 fully saturated rings. The van der Waals surface area contributed by atoms with Crippen LogP contribution in [0.3, 0.4) is 0 Å². The third kappa shape index (κ3) is 18.3. The van der Waals surface area contributed by atoms with Crippen molar-refractivity contribution in [2.24, 2.45) is 71.0 Å². The summed E-state index contributed by atoms with van der Waals surface area (Å²) in [6.07, 6.45) is 28.1. The van der Waals surface area contributed by atoms with E-state index in [1.165, 1.54) is 225 Å². The molecule has 6 aliphatic carbocycles. The second-order valence-electron chi connectivity index (χ2n) is 50.4. The molecule has 0 spiro atoms. The number of rotatable bonds is 41. The van der Waals surface area contributed by atoms with Crippen LogP contribution in [-0.2, 0) is 32.5 Å². The van der Waals surface area contributed by atoms with E-state index in [-0.39, 0.29) is 32.5 Å². The number of hydrogen-bond donors (Lipinski definition) is 0. The zero-order valence-corrected chi connectivity index (χ0v) is 89.8. The molecule has 0 radical (unpaired) electrons. The lowest BCUT2D eigenvalue weighted by molar-refractivity contribution is 0.364. The van der Waals surface area contributed by atoms with E-state index in [4.69, 9.17) is 0 Å². The van der Waals surface area contributed by atoms with Gasteiger partial charge in [0.1, 0.15) is 0 Å². The van der Waals surface area contributed by atoms with Crippen molar-refractivity contribution in [2.75, 3.05) is 0 Å². The Bertz CT molecular complexity index is 5930. The van der Waals surface area contributed by atoms with Gasteiger partial charge in [0.25, 0.3) is 0 Å². The second kappa shape index (κ2) is 39.9. The maximum Gasteiger partial charge on any atom is 0.0215 e. The molecule has 18 rings (SSSR count). The average molecular weight is 1830 g/mol. The van der Waals surface area contributed by atoms with Gasteiger partial charge in [-0.2, -0.15) is 0 Å². The Morgan fingerprint density at radius 1 is 0.123 bits per heavy atom. The van der Waals surface area contributed by atoms with Gasteiger partial charge in [-0.05, 0) is 475 Å². The minimum atomic E-state index is -0.159. The average Bonchev–Trinajstić information content (AvgIpc) is 1.57. The number of fused-ring (bicyclic) bond motifs is 18. The Balaban J connectivity index is 0.713. The summed E-state index contributed by atoms with van der Waals surface area (Å²) in [5.74, 6) is 7.17. The molecule has 6 aliphatic rings. The van der Waals surface area contributed by atoms with Crippen LogP contribution in [0, 0.1) is 71.0 Å². The quantitative estimate of drug-likeness (QED) is 0.0358. The topological polar surface area (TPSA) is 0 Å². The zero-order valence-electron chi connectivity index (χ0n) is 89.8. The van der Waals surface area contributed by atoms with E-state index in [0.29, 0.717) is 71.0 Å². The maximum absolute atomic E-state index is 2.74. The second-order valence-corrected chi connectivity index (χ2v) is 50.4. The molecule has 0 heterocycles. The van der Waals surface area contributed by atoms with Gasteiger partial charge in [-0.25, -0.2) is 0 Å². The lowest BCUT2D eigenvalue weighted by Crippen LogP contribution is -2.27. The fraction of sp³-hybridized carbons (Fsp3) is 0.478. The van der Waals surface area contributed by atoms with Crippen LogP contribution < -0.4 is 0 Å². The third-order valence-electron chi connectivity index (χ3n) is 35.4.